The number of methoxy groups -OCH3 is 1. The molecule has 4 rings (SSSR count). The minimum Gasteiger partial charge on any atom is -0.497 e. The van der Waals surface area contributed by atoms with Gasteiger partial charge in [0.05, 0.1) is 18.7 Å². The number of hydrogen-bond acceptors (Lipinski definition) is 4. The van der Waals surface area contributed by atoms with E-state index in [1.54, 1.807) is 18.9 Å². The van der Waals surface area contributed by atoms with Gasteiger partial charge in [-0.1, -0.05) is 42.5 Å². The molecule has 0 spiro atoms. The number of rotatable bonds is 6. The number of benzene rings is 3. The Bertz CT molecular complexity index is 1070. The highest BCUT2D eigenvalue weighted by Gasteiger charge is 2.35. The molecule has 0 aliphatic carbocycles. The van der Waals surface area contributed by atoms with Gasteiger partial charge in [-0.2, -0.15) is 0 Å². The first-order valence-electron chi connectivity index (χ1n) is 10.4. The van der Waals surface area contributed by atoms with Gasteiger partial charge in [0.15, 0.2) is 0 Å². The van der Waals surface area contributed by atoms with E-state index in [1.165, 1.54) is 5.56 Å². The minimum atomic E-state index is -0.374. The molecule has 160 valence electrons. The van der Waals surface area contributed by atoms with E-state index < -0.39 is 0 Å². The van der Waals surface area contributed by atoms with Gasteiger partial charge >= 0.3 is 0 Å². The Balaban J connectivity index is 1.56. The molecule has 0 saturated carbocycles. The van der Waals surface area contributed by atoms with Crippen molar-refractivity contribution >= 4 is 17.7 Å². The first kappa shape index (κ1) is 21.3. The topological polar surface area (TPSA) is 47.6 Å². The number of amides is 1. The van der Waals surface area contributed by atoms with Gasteiger partial charge in [0, 0.05) is 22.6 Å². The molecular formula is C26H27NO3S. The fourth-order valence-electron chi connectivity index (χ4n) is 3.84. The molecule has 31 heavy (non-hydrogen) atoms. The van der Waals surface area contributed by atoms with Crippen molar-refractivity contribution in [1.82, 2.24) is 5.32 Å². The Hall–Kier alpha value is -2.92. The molecule has 0 radical (unpaired) electrons. The van der Waals surface area contributed by atoms with Crippen molar-refractivity contribution in [3.05, 3.63) is 89.5 Å². The summed E-state index contributed by atoms with van der Waals surface area (Å²) >= 11 is 1.68. The van der Waals surface area contributed by atoms with Crippen LogP contribution in [0.5, 0.6) is 11.5 Å². The second-order valence-corrected chi connectivity index (χ2v) is 9.28. The van der Waals surface area contributed by atoms with Gasteiger partial charge in [0.2, 0.25) is 0 Å². The van der Waals surface area contributed by atoms with E-state index in [9.17, 15) is 4.79 Å². The number of hydrogen-bond donors (Lipinski definition) is 1. The second kappa shape index (κ2) is 9.06. The summed E-state index contributed by atoms with van der Waals surface area (Å²) < 4.78 is 11.5. The predicted octanol–water partition coefficient (Wildman–Crippen LogP) is 6.02. The van der Waals surface area contributed by atoms with Crippen LogP contribution < -0.4 is 14.8 Å². The number of nitrogens with one attached hydrogen (secondary N) is 1. The highest BCUT2D eigenvalue weighted by atomic mass is 32.2. The fourth-order valence-corrected chi connectivity index (χ4v) is 4.85. The van der Waals surface area contributed by atoms with Crippen LogP contribution in [0.15, 0.2) is 77.7 Å². The van der Waals surface area contributed by atoms with Gasteiger partial charge in [-0.3, -0.25) is 4.79 Å². The summed E-state index contributed by atoms with van der Waals surface area (Å²) in [5.74, 6) is 2.27. The molecule has 1 N–H and O–H groups in total. The van der Waals surface area contributed by atoms with Crippen molar-refractivity contribution in [3.63, 3.8) is 0 Å². The summed E-state index contributed by atoms with van der Waals surface area (Å²) in [6.45, 7) is 4.09. The van der Waals surface area contributed by atoms with Crippen LogP contribution in [0.25, 0.3) is 0 Å². The molecule has 5 heteroatoms. The minimum absolute atomic E-state index is 0.0763. The summed E-state index contributed by atoms with van der Waals surface area (Å²) in [5, 5.41) is 3.25. The van der Waals surface area contributed by atoms with Crippen LogP contribution in [-0.4, -0.2) is 18.6 Å². The van der Waals surface area contributed by atoms with Crippen molar-refractivity contribution < 1.29 is 14.3 Å². The smallest absolute Gasteiger partial charge is 0.252 e. The average molecular weight is 434 g/mol. The molecule has 4 nitrogen and oxygen atoms in total. The van der Waals surface area contributed by atoms with E-state index in [2.05, 4.69) is 17.4 Å². The van der Waals surface area contributed by atoms with Crippen LogP contribution in [0, 0.1) is 0 Å². The lowest BCUT2D eigenvalue weighted by Crippen LogP contribution is -2.41. The number of carbonyl (C=O) groups excluding carboxylic acids is 1. The molecule has 1 amide bonds. The van der Waals surface area contributed by atoms with Crippen molar-refractivity contribution in [1.29, 1.82) is 0 Å². The summed E-state index contributed by atoms with van der Waals surface area (Å²) in [6.07, 6.45) is 0.679. The summed E-state index contributed by atoms with van der Waals surface area (Å²) in [4.78, 5) is 14.3. The van der Waals surface area contributed by atoms with Crippen LogP contribution in [0.3, 0.4) is 0 Å². The Kier molecular flexibility index (Phi) is 6.23. The van der Waals surface area contributed by atoms with Crippen molar-refractivity contribution in [2.45, 2.75) is 42.6 Å². The molecule has 1 atom stereocenters. The highest BCUT2D eigenvalue weighted by molar-refractivity contribution is 7.98. The predicted molar refractivity (Wildman–Crippen MR) is 125 cm³/mol. The zero-order valence-corrected chi connectivity index (χ0v) is 18.9. The molecule has 0 fully saturated rings. The van der Waals surface area contributed by atoms with E-state index in [0.29, 0.717) is 12.0 Å². The van der Waals surface area contributed by atoms with Gasteiger partial charge in [-0.15, -0.1) is 11.8 Å². The van der Waals surface area contributed by atoms with E-state index >= 15 is 0 Å². The Morgan fingerprint density at radius 2 is 1.84 bits per heavy atom. The molecule has 1 aliphatic heterocycles. The zero-order chi connectivity index (χ0) is 21.8. The summed E-state index contributed by atoms with van der Waals surface area (Å²) in [7, 11) is 1.64. The van der Waals surface area contributed by atoms with Crippen molar-refractivity contribution in [3.8, 4) is 11.5 Å². The van der Waals surface area contributed by atoms with E-state index in [4.69, 9.17) is 9.47 Å². The lowest BCUT2D eigenvalue weighted by molar-refractivity contribution is 0.0617. The SMILES string of the molecule is COc1ccc2c(c1)[C@@H](NC(=O)c1ccccc1SCc1ccccc1)CC(C)(C)O2. The average Bonchev–Trinajstić information content (AvgIpc) is 2.77. The van der Waals surface area contributed by atoms with Gasteiger partial charge in [-0.25, -0.2) is 0 Å². The van der Waals surface area contributed by atoms with E-state index in [-0.39, 0.29) is 17.6 Å². The monoisotopic (exact) mass is 433 g/mol. The summed E-state index contributed by atoms with van der Waals surface area (Å²) in [5.41, 5.74) is 2.50. The van der Waals surface area contributed by atoms with Crippen LogP contribution in [-0.2, 0) is 5.75 Å². The van der Waals surface area contributed by atoms with Crippen molar-refractivity contribution in [2.24, 2.45) is 0 Å². The summed E-state index contributed by atoms with van der Waals surface area (Å²) in [6, 6.07) is 23.7. The number of thioether (sulfide) groups is 1. The molecule has 0 unspecified atom stereocenters. The zero-order valence-electron chi connectivity index (χ0n) is 18.1. The third-order valence-corrected chi connectivity index (χ3v) is 6.49. The molecule has 3 aromatic rings. The molecule has 3 aromatic carbocycles. The molecule has 1 heterocycles. The second-order valence-electron chi connectivity index (χ2n) is 8.27. The Labute approximate surface area is 188 Å². The van der Waals surface area contributed by atoms with Gasteiger partial charge in [0.25, 0.3) is 5.91 Å². The maximum atomic E-state index is 13.3. The van der Waals surface area contributed by atoms with E-state index in [1.807, 2.05) is 74.5 Å². The maximum Gasteiger partial charge on any atom is 0.252 e. The standard InChI is InChI=1S/C26H27NO3S/c1-26(2)16-22(21-15-19(29-3)13-14-23(21)30-26)27-25(28)20-11-7-8-12-24(20)31-17-18-9-5-4-6-10-18/h4-15,22H,16-17H2,1-3H3,(H,27,28)/t22-/m0/s1. The van der Waals surface area contributed by atoms with Gasteiger partial charge in [0.1, 0.15) is 17.1 Å². The Morgan fingerprint density at radius 3 is 2.61 bits per heavy atom. The highest BCUT2D eigenvalue weighted by Crippen LogP contribution is 2.41. The molecule has 0 aromatic heterocycles. The van der Waals surface area contributed by atoms with Gasteiger partial charge < -0.3 is 14.8 Å². The maximum absolute atomic E-state index is 13.3. The molecule has 0 bridgehead atoms. The lowest BCUT2D eigenvalue weighted by atomic mass is 9.89. The quantitative estimate of drug-likeness (QED) is 0.483. The van der Waals surface area contributed by atoms with Crippen molar-refractivity contribution in [2.75, 3.05) is 7.11 Å². The normalized spacial score (nSPS) is 16.7. The lowest BCUT2D eigenvalue weighted by Gasteiger charge is -2.38. The molecule has 0 saturated heterocycles. The van der Waals surface area contributed by atoms with Crippen LogP contribution in [0.1, 0.15) is 47.8 Å². The van der Waals surface area contributed by atoms with Gasteiger partial charge in [-0.05, 0) is 49.7 Å². The molecule has 1 aliphatic rings. The number of carbonyl (C=O) groups is 1. The fraction of sp³-hybridized carbons (Fsp3) is 0.269. The third-order valence-electron chi connectivity index (χ3n) is 5.35. The first-order valence-corrected chi connectivity index (χ1v) is 11.4. The number of ether oxygens (including phenoxy) is 2. The Morgan fingerprint density at radius 1 is 1.10 bits per heavy atom. The van der Waals surface area contributed by atoms with Crippen LogP contribution in [0.4, 0.5) is 0 Å². The molecular weight excluding hydrogens is 406 g/mol. The van der Waals surface area contributed by atoms with Crippen LogP contribution in [0.2, 0.25) is 0 Å². The third kappa shape index (κ3) is 5.05. The largest absolute Gasteiger partial charge is 0.497 e. The van der Waals surface area contributed by atoms with Crippen LogP contribution >= 0.6 is 11.8 Å². The van der Waals surface area contributed by atoms with E-state index in [0.717, 1.165) is 27.7 Å². The number of fused-ring (bicyclic) bond motifs is 1. The first-order chi connectivity index (χ1) is 14.9.